The van der Waals surface area contributed by atoms with Gasteiger partial charge in [0.15, 0.2) is 0 Å². The van der Waals surface area contributed by atoms with Gasteiger partial charge in [-0.1, -0.05) is 30.7 Å². The number of benzene rings is 3. The lowest BCUT2D eigenvalue weighted by molar-refractivity contribution is -0.137. The maximum Gasteiger partial charge on any atom is 0.416 e. The Morgan fingerprint density at radius 3 is 2.38 bits per heavy atom. The molecule has 1 aliphatic rings. The van der Waals surface area contributed by atoms with Gasteiger partial charge >= 0.3 is 6.18 Å². The molecule has 0 radical (unpaired) electrons. The minimum atomic E-state index is -4.41. The van der Waals surface area contributed by atoms with Crippen molar-refractivity contribution in [3.8, 4) is 5.75 Å². The Hall–Kier alpha value is -3.36. The molecule has 1 amide bonds. The molecular formula is C36H45ClF3N3O6S. The van der Waals surface area contributed by atoms with E-state index in [1.54, 1.807) is 13.0 Å². The Bertz CT molecular complexity index is 1680. The second-order valence-corrected chi connectivity index (χ2v) is 15.1. The van der Waals surface area contributed by atoms with E-state index >= 15 is 0 Å². The number of anilines is 1. The lowest BCUT2D eigenvalue weighted by Gasteiger charge is -2.36. The summed E-state index contributed by atoms with van der Waals surface area (Å²) in [5.74, 6) is -0.399. The van der Waals surface area contributed by atoms with E-state index in [1.807, 2.05) is 25.8 Å². The zero-order valence-corrected chi connectivity index (χ0v) is 30.2. The molecule has 0 aromatic heterocycles. The van der Waals surface area contributed by atoms with Crippen molar-refractivity contribution in [3.63, 3.8) is 0 Å². The average molecular weight is 740 g/mol. The maximum atomic E-state index is 14.4. The van der Waals surface area contributed by atoms with Crippen LogP contribution < -0.4 is 9.46 Å². The quantitative estimate of drug-likeness (QED) is 0.241. The Labute approximate surface area is 297 Å². The van der Waals surface area contributed by atoms with E-state index in [4.69, 9.17) is 21.1 Å². The van der Waals surface area contributed by atoms with E-state index in [9.17, 15) is 31.5 Å². The highest BCUT2D eigenvalue weighted by molar-refractivity contribution is 7.92. The van der Waals surface area contributed by atoms with Crippen molar-refractivity contribution in [1.29, 1.82) is 0 Å². The van der Waals surface area contributed by atoms with Gasteiger partial charge in [0.25, 0.3) is 15.9 Å². The summed E-state index contributed by atoms with van der Waals surface area (Å²) in [5, 5.41) is 10.6. The molecule has 0 spiro atoms. The first-order valence-electron chi connectivity index (χ1n) is 16.5. The van der Waals surface area contributed by atoms with Crippen LogP contribution in [0.3, 0.4) is 0 Å². The number of amides is 1. The molecule has 50 heavy (non-hydrogen) atoms. The average Bonchev–Trinajstić information content (AvgIpc) is 3.06. The van der Waals surface area contributed by atoms with Crippen molar-refractivity contribution in [2.45, 2.75) is 75.9 Å². The van der Waals surface area contributed by atoms with Gasteiger partial charge in [-0.15, -0.1) is 0 Å². The van der Waals surface area contributed by atoms with Gasteiger partial charge in [-0.05, 0) is 100 Å². The third kappa shape index (κ3) is 10.8. The van der Waals surface area contributed by atoms with E-state index in [2.05, 4.69) is 4.72 Å². The summed E-state index contributed by atoms with van der Waals surface area (Å²) in [6.45, 7) is 6.71. The van der Waals surface area contributed by atoms with Gasteiger partial charge < -0.3 is 19.5 Å². The minimum absolute atomic E-state index is 0.00290. The maximum absolute atomic E-state index is 14.4. The molecule has 3 aromatic rings. The summed E-state index contributed by atoms with van der Waals surface area (Å²) in [6, 6.07) is 14.7. The number of carbonyl (C=O) groups excluding carboxylic acids is 1. The SMILES string of the molecule is C[C@@H]1CCCCO[C@@H](CN(C)Cc2ccc(C(F)(F)F)cc2)[C@@H](C)CN([C@@H](C)CO)C(=O)c2cc(NS(=O)(=O)c3ccc(Cl)cc3)ccc2O1. The third-order valence-corrected chi connectivity index (χ3v) is 10.3. The number of halogens is 4. The number of ether oxygens (including phenoxy) is 2. The van der Waals surface area contributed by atoms with Crippen LogP contribution in [0.5, 0.6) is 5.75 Å². The highest BCUT2D eigenvalue weighted by atomic mass is 35.5. The van der Waals surface area contributed by atoms with Crippen LogP contribution in [0.25, 0.3) is 0 Å². The molecule has 0 unspecified atom stereocenters. The van der Waals surface area contributed by atoms with Gasteiger partial charge in [-0.3, -0.25) is 14.4 Å². The van der Waals surface area contributed by atoms with Crippen molar-refractivity contribution in [3.05, 3.63) is 88.4 Å². The number of sulfonamides is 1. The normalized spacial score (nSPS) is 20.5. The van der Waals surface area contributed by atoms with Crippen LogP contribution in [0.2, 0.25) is 5.02 Å². The number of aliphatic hydroxyl groups is 1. The first kappa shape index (κ1) is 39.4. The smallest absolute Gasteiger partial charge is 0.416 e. The second kappa shape index (κ2) is 17.2. The number of alkyl halides is 3. The first-order chi connectivity index (χ1) is 23.6. The molecule has 0 bridgehead atoms. The lowest BCUT2D eigenvalue weighted by Crippen LogP contribution is -2.47. The van der Waals surface area contributed by atoms with Crippen LogP contribution in [-0.4, -0.2) is 80.8 Å². The van der Waals surface area contributed by atoms with Gasteiger partial charge in [0.2, 0.25) is 0 Å². The van der Waals surface area contributed by atoms with Crippen molar-refractivity contribution >= 4 is 33.2 Å². The van der Waals surface area contributed by atoms with Crippen molar-refractivity contribution < 1.29 is 41.0 Å². The van der Waals surface area contributed by atoms with Gasteiger partial charge in [0, 0.05) is 42.9 Å². The number of aliphatic hydroxyl groups excluding tert-OH is 1. The number of nitrogens with zero attached hydrogens (tertiary/aromatic N) is 2. The van der Waals surface area contributed by atoms with Crippen molar-refractivity contribution in [2.24, 2.45) is 5.92 Å². The number of carbonyl (C=O) groups is 1. The van der Waals surface area contributed by atoms with Gasteiger partial charge in [-0.2, -0.15) is 13.2 Å². The molecule has 4 rings (SSSR count). The van der Waals surface area contributed by atoms with E-state index in [0.29, 0.717) is 42.5 Å². The Kier molecular flexibility index (Phi) is 13.6. The number of hydrogen-bond donors (Lipinski definition) is 2. The molecule has 1 heterocycles. The lowest BCUT2D eigenvalue weighted by atomic mass is 10.0. The summed E-state index contributed by atoms with van der Waals surface area (Å²) < 4.78 is 80.7. The fourth-order valence-electron chi connectivity index (χ4n) is 5.76. The molecule has 2 N–H and O–H groups in total. The Balaban J connectivity index is 1.61. The van der Waals surface area contributed by atoms with E-state index in [0.717, 1.165) is 25.0 Å². The fraction of sp³-hybridized carbons (Fsp3) is 0.472. The largest absolute Gasteiger partial charge is 0.490 e. The number of hydrogen-bond acceptors (Lipinski definition) is 7. The zero-order chi connectivity index (χ0) is 36.6. The number of rotatable bonds is 9. The summed E-state index contributed by atoms with van der Waals surface area (Å²) in [7, 11) is -2.15. The van der Waals surface area contributed by atoms with Crippen LogP contribution in [0.1, 0.15) is 61.5 Å². The molecule has 0 aliphatic carbocycles. The topological polar surface area (TPSA) is 108 Å². The Morgan fingerprint density at radius 1 is 1.06 bits per heavy atom. The number of fused-ring (bicyclic) bond motifs is 1. The van der Waals surface area contributed by atoms with E-state index in [1.165, 1.54) is 53.4 Å². The molecule has 0 fully saturated rings. The van der Waals surface area contributed by atoms with Gasteiger partial charge in [-0.25, -0.2) is 8.42 Å². The predicted molar refractivity (Wildman–Crippen MR) is 187 cm³/mol. The van der Waals surface area contributed by atoms with Crippen LogP contribution in [-0.2, 0) is 27.5 Å². The molecule has 9 nitrogen and oxygen atoms in total. The second-order valence-electron chi connectivity index (χ2n) is 13.0. The van der Waals surface area contributed by atoms with E-state index < -0.39 is 33.7 Å². The highest BCUT2D eigenvalue weighted by Crippen LogP contribution is 2.31. The molecule has 0 saturated heterocycles. The molecule has 14 heteroatoms. The van der Waals surface area contributed by atoms with Gasteiger partial charge in [0.05, 0.1) is 40.9 Å². The summed E-state index contributed by atoms with van der Waals surface area (Å²) in [4.78, 5) is 17.9. The van der Waals surface area contributed by atoms with Crippen LogP contribution in [0, 0.1) is 5.92 Å². The molecule has 1 aliphatic heterocycles. The standard InChI is InChI=1S/C36H45ClF3N3O6S/c1-24-20-43(25(2)23-44)35(45)32-19-30(41-50(46,47)31-15-12-29(37)13-16-31)14-17-33(32)49-26(3)7-5-6-18-48-34(24)22-42(4)21-27-8-10-28(11-9-27)36(38,39)40/h8-17,19,24-26,34,41,44H,5-7,18,20-23H2,1-4H3/t24-,25-,26+,34-/m0/s1. The first-order valence-corrected chi connectivity index (χ1v) is 18.4. The molecule has 3 aromatic carbocycles. The van der Waals surface area contributed by atoms with Crippen LogP contribution in [0.15, 0.2) is 71.6 Å². The monoisotopic (exact) mass is 739 g/mol. The predicted octanol–water partition coefficient (Wildman–Crippen LogP) is 7.09. The molecule has 4 atom stereocenters. The number of nitrogens with one attached hydrogen (secondary N) is 1. The fourth-order valence-corrected chi connectivity index (χ4v) is 6.93. The van der Waals surface area contributed by atoms with Gasteiger partial charge in [0.1, 0.15) is 5.75 Å². The highest BCUT2D eigenvalue weighted by Gasteiger charge is 2.32. The van der Waals surface area contributed by atoms with Crippen LogP contribution >= 0.6 is 11.6 Å². The van der Waals surface area contributed by atoms with Crippen molar-refractivity contribution in [1.82, 2.24) is 9.80 Å². The molecule has 274 valence electrons. The summed E-state index contributed by atoms with van der Waals surface area (Å²) >= 11 is 5.94. The minimum Gasteiger partial charge on any atom is -0.490 e. The molecule has 0 saturated carbocycles. The number of likely N-dealkylation sites (N-methyl/N-ethyl adjacent to an activating group) is 1. The third-order valence-electron chi connectivity index (χ3n) is 8.65. The Morgan fingerprint density at radius 2 is 1.74 bits per heavy atom. The van der Waals surface area contributed by atoms with E-state index in [-0.39, 0.29) is 47.4 Å². The van der Waals surface area contributed by atoms with Crippen LogP contribution in [0.4, 0.5) is 18.9 Å². The summed E-state index contributed by atoms with van der Waals surface area (Å²) in [5.41, 5.74) is 0.296. The summed E-state index contributed by atoms with van der Waals surface area (Å²) in [6.07, 6.45) is -2.82. The zero-order valence-electron chi connectivity index (χ0n) is 28.6. The van der Waals surface area contributed by atoms with Crippen molar-refractivity contribution in [2.75, 3.05) is 38.1 Å². The molecular weight excluding hydrogens is 695 g/mol.